The van der Waals surface area contributed by atoms with Crippen LogP contribution in [-0.2, 0) is 9.53 Å². The zero-order chi connectivity index (χ0) is 18.7. The minimum atomic E-state index is -0.785. The van der Waals surface area contributed by atoms with Crippen molar-refractivity contribution in [2.75, 3.05) is 13.2 Å². The summed E-state index contributed by atoms with van der Waals surface area (Å²) in [5.74, 6) is 0.0869. The second-order valence-corrected chi connectivity index (χ2v) is 6.53. The van der Waals surface area contributed by atoms with Gasteiger partial charge in [-0.05, 0) is 35.9 Å². The summed E-state index contributed by atoms with van der Waals surface area (Å²) in [6.07, 6.45) is -0.785. The van der Waals surface area contributed by atoms with Gasteiger partial charge in [-0.25, -0.2) is 4.79 Å². The molecule has 26 heavy (non-hydrogen) atoms. The molecule has 5 heteroatoms. The molecule has 0 aromatic heterocycles. The van der Waals surface area contributed by atoms with E-state index in [1.165, 1.54) is 0 Å². The van der Waals surface area contributed by atoms with Gasteiger partial charge in [0.15, 0.2) is 6.10 Å². The van der Waals surface area contributed by atoms with Crippen LogP contribution >= 0.6 is 11.6 Å². The molecule has 0 bridgehead atoms. The van der Waals surface area contributed by atoms with Gasteiger partial charge in [0.1, 0.15) is 12.4 Å². The fourth-order valence-electron chi connectivity index (χ4n) is 2.70. The van der Waals surface area contributed by atoms with Crippen molar-refractivity contribution >= 4 is 39.1 Å². The van der Waals surface area contributed by atoms with Gasteiger partial charge in [-0.2, -0.15) is 0 Å². The second-order valence-electron chi connectivity index (χ2n) is 6.09. The van der Waals surface area contributed by atoms with E-state index >= 15 is 0 Å². The molecule has 1 unspecified atom stereocenters. The first-order valence-corrected chi connectivity index (χ1v) is 8.58. The molecular formula is C21H19ClO4. The highest BCUT2D eigenvalue weighted by Crippen LogP contribution is 2.36. The van der Waals surface area contributed by atoms with Crippen molar-refractivity contribution in [3.8, 4) is 5.75 Å². The van der Waals surface area contributed by atoms with Gasteiger partial charge in [-0.15, -0.1) is 0 Å². The van der Waals surface area contributed by atoms with Crippen LogP contribution in [-0.4, -0.2) is 30.4 Å². The van der Waals surface area contributed by atoms with E-state index in [9.17, 15) is 9.90 Å². The van der Waals surface area contributed by atoms with Gasteiger partial charge in [0.05, 0.1) is 6.61 Å². The minimum Gasteiger partial charge on any atom is -0.488 e. The lowest BCUT2D eigenvalue weighted by Gasteiger charge is -2.18. The van der Waals surface area contributed by atoms with E-state index in [-0.39, 0.29) is 18.8 Å². The van der Waals surface area contributed by atoms with Crippen LogP contribution in [0.25, 0.3) is 21.5 Å². The van der Waals surface area contributed by atoms with Crippen LogP contribution in [0.4, 0.5) is 0 Å². The quantitative estimate of drug-likeness (QED) is 0.394. The van der Waals surface area contributed by atoms with E-state index in [1.54, 1.807) is 6.92 Å². The molecule has 0 aliphatic carbocycles. The normalized spacial score (nSPS) is 12.1. The van der Waals surface area contributed by atoms with Gasteiger partial charge < -0.3 is 14.6 Å². The third-order valence-electron chi connectivity index (χ3n) is 4.02. The SMILES string of the molecule is C=C(C)C(=O)OC(CO)COc1c2ccccc2cc2ccc(Cl)cc12. The van der Waals surface area contributed by atoms with Crippen molar-refractivity contribution in [2.45, 2.75) is 13.0 Å². The highest BCUT2D eigenvalue weighted by Gasteiger charge is 2.17. The molecule has 3 rings (SSSR count). The van der Waals surface area contributed by atoms with Crippen LogP contribution in [0, 0.1) is 0 Å². The number of carbonyl (C=O) groups is 1. The lowest BCUT2D eigenvalue weighted by Crippen LogP contribution is -2.28. The molecule has 1 atom stereocenters. The maximum atomic E-state index is 11.7. The third kappa shape index (κ3) is 3.82. The summed E-state index contributed by atoms with van der Waals surface area (Å²) >= 11 is 6.16. The lowest BCUT2D eigenvalue weighted by atomic mass is 10.0. The van der Waals surface area contributed by atoms with Gasteiger partial charge >= 0.3 is 5.97 Å². The molecule has 0 amide bonds. The lowest BCUT2D eigenvalue weighted by molar-refractivity contribution is -0.147. The number of ether oxygens (including phenoxy) is 2. The summed E-state index contributed by atoms with van der Waals surface area (Å²) in [5.41, 5.74) is 0.269. The van der Waals surface area contributed by atoms with Gasteiger partial charge in [-0.1, -0.05) is 48.5 Å². The predicted molar refractivity (Wildman–Crippen MR) is 104 cm³/mol. The van der Waals surface area contributed by atoms with Crippen molar-refractivity contribution in [3.05, 3.63) is 65.7 Å². The number of carbonyl (C=O) groups excluding carboxylic acids is 1. The Balaban J connectivity index is 1.97. The molecule has 3 aromatic carbocycles. The standard InChI is InChI=1S/C21H19ClO4/c1-13(2)21(24)26-17(11-23)12-25-20-18-6-4-3-5-14(18)9-15-7-8-16(22)10-19(15)20/h3-10,17,23H,1,11-12H2,2H3. The maximum Gasteiger partial charge on any atom is 0.333 e. The summed E-state index contributed by atoms with van der Waals surface area (Å²) in [5, 5.41) is 13.9. The molecule has 134 valence electrons. The first kappa shape index (κ1) is 18.2. The zero-order valence-electron chi connectivity index (χ0n) is 14.4. The Morgan fingerprint density at radius 2 is 1.88 bits per heavy atom. The molecule has 0 heterocycles. The van der Waals surface area contributed by atoms with E-state index in [0.29, 0.717) is 10.8 Å². The molecule has 0 spiro atoms. The van der Waals surface area contributed by atoms with Crippen LogP contribution in [0.5, 0.6) is 5.75 Å². The minimum absolute atomic E-state index is 0.0190. The monoisotopic (exact) mass is 370 g/mol. The number of hydrogen-bond acceptors (Lipinski definition) is 4. The number of benzene rings is 3. The number of fused-ring (bicyclic) bond motifs is 2. The molecule has 3 aromatic rings. The number of aliphatic hydroxyl groups excluding tert-OH is 1. The topological polar surface area (TPSA) is 55.8 Å². The van der Waals surface area contributed by atoms with Crippen LogP contribution < -0.4 is 4.74 Å². The van der Waals surface area contributed by atoms with Crippen molar-refractivity contribution in [2.24, 2.45) is 0 Å². The van der Waals surface area contributed by atoms with E-state index in [1.807, 2.05) is 42.5 Å². The largest absolute Gasteiger partial charge is 0.488 e. The highest BCUT2D eigenvalue weighted by atomic mass is 35.5. The molecule has 0 aliphatic heterocycles. The van der Waals surface area contributed by atoms with E-state index < -0.39 is 12.1 Å². The van der Waals surface area contributed by atoms with Crippen molar-refractivity contribution in [3.63, 3.8) is 0 Å². The Morgan fingerprint density at radius 1 is 1.15 bits per heavy atom. The van der Waals surface area contributed by atoms with Gasteiger partial charge in [0, 0.05) is 21.4 Å². The second kappa shape index (κ2) is 7.77. The summed E-state index contributed by atoms with van der Waals surface area (Å²) in [7, 11) is 0. The zero-order valence-corrected chi connectivity index (χ0v) is 15.1. The average molecular weight is 371 g/mol. The summed E-state index contributed by atoms with van der Waals surface area (Å²) in [4.78, 5) is 11.7. The molecule has 0 radical (unpaired) electrons. The highest BCUT2D eigenvalue weighted by molar-refractivity contribution is 6.31. The van der Waals surface area contributed by atoms with Gasteiger partial charge in [0.25, 0.3) is 0 Å². The number of rotatable bonds is 6. The van der Waals surface area contributed by atoms with E-state index in [2.05, 4.69) is 12.6 Å². The van der Waals surface area contributed by atoms with Crippen molar-refractivity contribution in [1.82, 2.24) is 0 Å². The molecule has 0 aliphatic rings. The van der Waals surface area contributed by atoms with Crippen molar-refractivity contribution in [1.29, 1.82) is 0 Å². The summed E-state index contributed by atoms with van der Waals surface area (Å²) in [6.45, 7) is 4.77. The predicted octanol–water partition coefficient (Wildman–Crippen LogP) is 4.51. The van der Waals surface area contributed by atoms with Crippen molar-refractivity contribution < 1.29 is 19.4 Å². The van der Waals surface area contributed by atoms with Crippen LogP contribution in [0.1, 0.15) is 6.92 Å². The Labute approximate surface area is 156 Å². The van der Waals surface area contributed by atoms with Gasteiger partial charge in [0.2, 0.25) is 0 Å². The number of esters is 1. The smallest absolute Gasteiger partial charge is 0.333 e. The Hall–Kier alpha value is -2.56. The third-order valence-corrected chi connectivity index (χ3v) is 4.25. The van der Waals surface area contributed by atoms with Crippen LogP contribution in [0.3, 0.4) is 0 Å². The number of aliphatic hydroxyl groups is 1. The fraction of sp³-hybridized carbons (Fsp3) is 0.190. The molecule has 4 nitrogen and oxygen atoms in total. The van der Waals surface area contributed by atoms with Crippen LogP contribution in [0.2, 0.25) is 5.02 Å². The average Bonchev–Trinajstić information content (AvgIpc) is 2.63. The van der Waals surface area contributed by atoms with E-state index in [0.717, 1.165) is 21.5 Å². The van der Waals surface area contributed by atoms with E-state index in [4.69, 9.17) is 21.1 Å². The summed E-state index contributed by atoms with van der Waals surface area (Å²) < 4.78 is 11.2. The Kier molecular flexibility index (Phi) is 5.45. The molecule has 0 saturated heterocycles. The number of hydrogen-bond donors (Lipinski definition) is 1. The first-order chi connectivity index (χ1) is 12.5. The molecule has 0 saturated carbocycles. The fourth-order valence-corrected chi connectivity index (χ4v) is 2.87. The Bertz CT molecular complexity index is 980. The van der Waals surface area contributed by atoms with Gasteiger partial charge in [-0.3, -0.25) is 0 Å². The first-order valence-electron chi connectivity index (χ1n) is 8.20. The van der Waals surface area contributed by atoms with Crippen LogP contribution in [0.15, 0.2) is 60.7 Å². The summed E-state index contributed by atoms with van der Waals surface area (Å²) in [6, 6.07) is 15.5. The molecule has 0 fully saturated rings. The molecular weight excluding hydrogens is 352 g/mol. The molecule has 1 N–H and O–H groups in total. The number of halogens is 1. The Morgan fingerprint density at radius 3 is 2.62 bits per heavy atom. The maximum absolute atomic E-state index is 11.7.